The summed E-state index contributed by atoms with van der Waals surface area (Å²) >= 11 is -1.41. The summed E-state index contributed by atoms with van der Waals surface area (Å²) in [6, 6.07) is 15.7. The van der Waals surface area contributed by atoms with Crippen LogP contribution < -0.4 is 10.1 Å². The predicted molar refractivity (Wildman–Crippen MR) is 131 cm³/mol. The molecule has 0 aromatic heterocycles. The molecule has 1 amide bonds. The van der Waals surface area contributed by atoms with Gasteiger partial charge in [0.05, 0.1) is 23.9 Å². The second kappa shape index (κ2) is 12.0. The Labute approximate surface area is 204 Å². The van der Waals surface area contributed by atoms with Gasteiger partial charge in [-0.25, -0.2) is 0 Å². The van der Waals surface area contributed by atoms with Gasteiger partial charge in [0.2, 0.25) is 4.90 Å². The average Bonchev–Trinajstić information content (AvgIpc) is 3.36. The summed E-state index contributed by atoms with van der Waals surface area (Å²) in [6.07, 6.45) is 2.70. The van der Waals surface area contributed by atoms with Crippen LogP contribution in [0.2, 0.25) is 0 Å². The molecule has 2 N–H and O–H groups in total. The summed E-state index contributed by atoms with van der Waals surface area (Å²) in [5.74, 6) is 0.261. The second-order valence-corrected chi connectivity index (χ2v) is 10.3. The third-order valence-electron chi connectivity index (χ3n) is 6.47. The van der Waals surface area contributed by atoms with E-state index in [4.69, 9.17) is 4.74 Å². The Hall–Kier alpha value is -2.14. The van der Waals surface area contributed by atoms with Crippen molar-refractivity contribution in [3.8, 4) is 5.75 Å². The lowest BCUT2D eigenvalue weighted by Gasteiger charge is -2.28. The molecule has 0 spiro atoms. The van der Waals surface area contributed by atoms with E-state index in [2.05, 4.69) is 34.5 Å². The van der Waals surface area contributed by atoms with Crippen molar-refractivity contribution in [3.63, 3.8) is 0 Å². The smallest absolute Gasteiger partial charge is 0.257 e. The lowest BCUT2D eigenvalue weighted by Crippen LogP contribution is -2.35. The van der Waals surface area contributed by atoms with Crippen molar-refractivity contribution in [2.45, 2.75) is 36.7 Å². The normalized spacial score (nSPS) is 19.7. The number of fused-ring (bicyclic) bond motifs is 1. The molecule has 0 aliphatic carbocycles. The van der Waals surface area contributed by atoms with Crippen LogP contribution >= 0.6 is 0 Å². The molecule has 1 saturated heterocycles. The van der Waals surface area contributed by atoms with Crippen molar-refractivity contribution in [2.24, 2.45) is 0 Å². The number of carbonyl (C=O) groups excluding carboxylic acids is 1. The minimum atomic E-state index is -1.41. The van der Waals surface area contributed by atoms with E-state index in [-0.39, 0.29) is 18.6 Å². The van der Waals surface area contributed by atoms with Crippen molar-refractivity contribution >= 4 is 17.3 Å². The number of hydrogen-bond donors (Lipinski definition) is 2. The first-order valence-electron chi connectivity index (χ1n) is 11.9. The zero-order chi connectivity index (χ0) is 23.9. The Morgan fingerprint density at radius 3 is 2.76 bits per heavy atom. The Bertz CT molecular complexity index is 960. The molecule has 2 heterocycles. The van der Waals surface area contributed by atoms with Gasteiger partial charge < -0.3 is 19.8 Å². The Morgan fingerprint density at radius 1 is 1.21 bits per heavy atom. The highest BCUT2D eigenvalue weighted by Crippen LogP contribution is 2.29. The first-order chi connectivity index (χ1) is 16.5. The fourth-order valence-electron chi connectivity index (χ4n) is 4.49. The second-order valence-electron chi connectivity index (χ2n) is 8.89. The molecule has 2 aromatic rings. The molecule has 0 bridgehead atoms. The zero-order valence-corrected chi connectivity index (χ0v) is 20.5. The number of carbonyl (C=O) groups is 1. The number of ether oxygens (including phenoxy) is 1. The van der Waals surface area contributed by atoms with Crippen LogP contribution in [0.1, 0.15) is 24.0 Å². The minimum Gasteiger partial charge on any atom is -0.593 e. The molecule has 0 saturated carbocycles. The van der Waals surface area contributed by atoms with E-state index in [1.165, 1.54) is 16.2 Å². The highest BCUT2D eigenvalue weighted by molar-refractivity contribution is 7.89. The van der Waals surface area contributed by atoms with Crippen molar-refractivity contribution in [2.75, 3.05) is 46.4 Å². The summed E-state index contributed by atoms with van der Waals surface area (Å²) in [5.41, 5.74) is 2.84. The van der Waals surface area contributed by atoms with Gasteiger partial charge in [0, 0.05) is 39.8 Å². The molecule has 1 fully saturated rings. The van der Waals surface area contributed by atoms with Gasteiger partial charge in [0.15, 0.2) is 12.4 Å². The maximum Gasteiger partial charge on any atom is 0.257 e. The molecule has 0 radical (unpaired) electrons. The van der Waals surface area contributed by atoms with Gasteiger partial charge in [-0.15, -0.1) is 4.31 Å². The van der Waals surface area contributed by atoms with Crippen LogP contribution in [0, 0.1) is 0 Å². The van der Waals surface area contributed by atoms with Gasteiger partial charge in [-0.3, -0.25) is 9.69 Å². The number of benzene rings is 2. The fourth-order valence-corrected chi connectivity index (χ4v) is 5.84. The number of hydrogen-bond acceptors (Lipinski definition) is 7. The Morgan fingerprint density at radius 2 is 1.97 bits per heavy atom. The monoisotopic (exact) mass is 486 g/mol. The molecule has 2 unspecified atom stereocenters. The van der Waals surface area contributed by atoms with Gasteiger partial charge in [-0.05, 0) is 42.5 Å². The molecule has 9 heteroatoms. The molecule has 2 atom stereocenters. The highest BCUT2D eigenvalue weighted by atomic mass is 32.2. The number of nitrogens with zero attached hydrogens (tertiary/aromatic N) is 3. The van der Waals surface area contributed by atoms with E-state index in [1.54, 1.807) is 25.2 Å². The molecule has 184 valence electrons. The summed E-state index contributed by atoms with van der Waals surface area (Å²) in [6.45, 7) is 4.57. The maximum absolute atomic E-state index is 13.1. The van der Waals surface area contributed by atoms with Crippen LogP contribution in [0.4, 0.5) is 0 Å². The lowest BCUT2D eigenvalue weighted by atomic mass is 10.00. The molecule has 2 aromatic carbocycles. The van der Waals surface area contributed by atoms with Crippen molar-refractivity contribution in [1.29, 1.82) is 0 Å². The van der Waals surface area contributed by atoms with Crippen LogP contribution in [0.25, 0.3) is 0 Å². The molecule has 2 aliphatic rings. The maximum atomic E-state index is 13.1. The lowest BCUT2D eigenvalue weighted by molar-refractivity contribution is -0.123. The number of para-hydroxylation sites is 1. The quantitative estimate of drug-likeness (QED) is 0.302. The Balaban J connectivity index is 1.19. The van der Waals surface area contributed by atoms with Gasteiger partial charge in [-0.1, -0.05) is 36.4 Å². The molecule has 2 aliphatic heterocycles. The zero-order valence-electron chi connectivity index (χ0n) is 19.7. The number of hydroxylamine groups is 2. The minimum absolute atomic E-state index is 0.0394. The summed E-state index contributed by atoms with van der Waals surface area (Å²) in [4.78, 5) is 15.3. The molecule has 34 heavy (non-hydrogen) atoms. The van der Waals surface area contributed by atoms with E-state index in [0.717, 1.165) is 38.9 Å². The van der Waals surface area contributed by atoms with Crippen molar-refractivity contribution in [3.05, 3.63) is 59.7 Å². The van der Waals surface area contributed by atoms with Gasteiger partial charge in [0.1, 0.15) is 0 Å². The first kappa shape index (κ1) is 25.0. The van der Waals surface area contributed by atoms with Crippen LogP contribution in [0.15, 0.2) is 53.4 Å². The molecule has 4 rings (SSSR count). The summed E-state index contributed by atoms with van der Waals surface area (Å²) < 4.78 is 20.6. The number of amides is 1. The largest absolute Gasteiger partial charge is 0.593 e. The third kappa shape index (κ3) is 6.50. The SMILES string of the molecule is CN(O)C1CCN([S+]([O-])c2ccccc2OCC(=O)NCCCN2CCc3ccccc3C2)C1. The average molecular weight is 487 g/mol. The molecule has 8 nitrogen and oxygen atoms in total. The number of rotatable bonds is 10. The van der Waals surface area contributed by atoms with E-state index >= 15 is 0 Å². The summed E-state index contributed by atoms with van der Waals surface area (Å²) in [5, 5.41) is 13.8. The van der Waals surface area contributed by atoms with Gasteiger partial charge >= 0.3 is 0 Å². The van der Waals surface area contributed by atoms with Crippen LogP contribution in [0.5, 0.6) is 5.75 Å². The fraction of sp³-hybridized carbons (Fsp3) is 0.480. The first-order valence-corrected chi connectivity index (χ1v) is 13.0. The third-order valence-corrected chi connectivity index (χ3v) is 7.98. The van der Waals surface area contributed by atoms with E-state index in [9.17, 15) is 14.6 Å². The number of nitrogens with one attached hydrogen (secondary N) is 1. The highest BCUT2D eigenvalue weighted by Gasteiger charge is 2.35. The van der Waals surface area contributed by atoms with E-state index in [0.29, 0.717) is 30.3 Å². The Kier molecular flexibility index (Phi) is 8.82. The van der Waals surface area contributed by atoms with Crippen molar-refractivity contribution in [1.82, 2.24) is 19.6 Å². The molecular formula is C25H34N4O4S. The molecular weight excluding hydrogens is 452 g/mol. The van der Waals surface area contributed by atoms with E-state index < -0.39 is 11.4 Å². The van der Waals surface area contributed by atoms with Gasteiger partial charge in [-0.2, -0.15) is 5.06 Å². The van der Waals surface area contributed by atoms with Crippen LogP contribution in [-0.4, -0.2) is 82.4 Å². The topological polar surface area (TPSA) is 91.3 Å². The summed E-state index contributed by atoms with van der Waals surface area (Å²) in [7, 11) is 1.61. The van der Waals surface area contributed by atoms with Gasteiger partial charge in [0.25, 0.3) is 5.91 Å². The standard InChI is InChI=1S/C25H34N4O4S/c1-27(31)22-12-16-29(18-22)34(32)24-10-5-4-9-23(24)33-19-25(30)26-13-6-14-28-15-11-20-7-2-3-8-21(20)17-28/h2-5,7-10,22,31H,6,11-19H2,1H3,(H,26,30). The van der Waals surface area contributed by atoms with Crippen molar-refractivity contribution < 1.29 is 19.3 Å². The van der Waals surface area contributed by atoms with Crippen LogP contribution in [-0.2, 0) is 29.1 Å². The van der Waals surface area contributed by atoms with E-state index in [1.807, 2.05) is 10.4 Å². The van der Waals surface area contributed by atoms with Crippen LogP contribution in [0.3, 0.4) is 0 Å². The number of likely N-dealkylation sites (N-methyl/N-ethyl adjacent to an activating group) is 1. The predicted octanol–water partition coefficient (Wildman–Crippen LogP) is 2.05.